The maximum Gasteiger partial charge on any atom is 0.143 e. The van der Waals surface area contributed by atoms with Crippen LogP contribution in [0.25, 0.3) is 99.1 Å². The average Bonchev–Trinajstić information content (AvgIpc) is 3.75. The molecule has 0 aliphatic carbocycles. The van der Waals surface area contributed by atoms with Crippen molar-refractivity contribution in [1.82, 2.24) is 0 Å². The van der Waals surface area contributed by atoms with Crippen LogP contribution in [0.5, 0.6) is 0 Å². The summed E-state index contributed by atoms with van der Waals surface area (Å²) in [4.78, 5) is 2.36. The van der Waals surface area contributed by atoms with Gasteiger partial charge in [-0.1, -0.05) is 200 Å². The lowest BCUT2D eigenvalue weighted by Gasteiger charge is -2.26. The maximum absolute atomic E-state index is 6.51. The van der Waals surface area contributed by atoms with Gasteiger partial charge in [0.1, 0.15) is 11.2 Å². The Kier molecular flexibility index (Phi) is 9.20. The molecule has 11 aromatic carbocycles. The summed E-state index contributed by atoms with van der Waals surface area (Å²) in [6.45, 7) is 0. The van der Waals surface area contributed by atoms with Gasteiger partial charge in [-0.25, -0.2) is 0 Å². The molecule has 0 atom stereocenters. The van der Waals surface area contributed by atoms with E-state index in [9.17, 15) is 0 Å². The van der Waals surface area contributed by atoms with Crippen molar-refractivity contribution >= 4 is 60.5 Å². The van der Waals surface area contributed by atoms with Gasteiger partial charge in [-0.05, 0) is 120 Å². The molecule has 64 heavy (non-hydrogen) atoms. The highest BCUT2D eigenvalue weighted by Gasteiger charge is 2.17. The third-order valence-electron chi connectivity index (χ3n) is 12.7. The van der Waals surface area contributed by atoms with Gasteiger partial charge in [-0.15, -0.1) is 0 Å². The molecular weight excluding hydrogens is 775 g/mol. The Bertz CT molecular complexity index is 3620. The predicted octanol–water partition coefficient (Wildman–Crippen LogP) is 17.7. The quantitative estimate of drug-likeness (QED) is 0.152. The molecule has 0 unspecified atom stereocenters. The van der Waals surface area contributed by atoms with Crippen molar-refractivity contribution < 1.29 is 4.42 Å². The van der Waals surface area contributed by atoms with E-state index >= 15 is 0 Å². The molecule has 0 bridgehead atoms. The summed E-state index contributed by atoms with van der Waals surface area (Å²) in [5, 5.41) is 7.22. The van der Waals surface area contributed by atoms with Crippen LogP contribution in [-0.2, 0) is 0 Å². The van der Waals surface area contributed by atoms with E-state index in [2.05, 4.69) is 248 Å². The zero-order valence-corrected chi connectivity index (χ0v) is 35.0. The van der Waals surface area contributed by atoms with Crippen LogP contribution in [0.2, 0.25) is 0 Å². The second kappa shape index (κ2) is 15.8. The molecule has 300 valence electrons. The number of para-hydroxylation sites is 1. The minimum atomic E-state index is 0.889. The second-order valence-corrected chi connectivity index (χ2v) is 16.4. The Hall–Kier alpha value is -8.46. The maximum atomic E-state index is 6.51. The van der Waals surface area contributed by atoms with Crippen molar-refractivity contribution in [3.8, 4) is 55.6 Å². The minimum absolute atomic E-state index is 0.889. The zero-order valence-electron chi connectivity index (χ0n) is 35.0. The fraction of sp³-hybridized carbons (Fsp3) is 0. The van der Waals surface area contributed by atoms with Crippen LogP contribution in [0.1, 0.15) is 0 Å². The Morgan fingerprint density at radius 1 is 0.266 bits per heavy atom. The highest BCUT2D eigenvalue weighted by Crippen LogP contribution is 2.42. The Balaban J connectivity index is 0.935. The van der Waals surface area contributed by atoms with Crippen LogP contribution < -0.4 is 4.90 Å². The number of nitrogens with zero attached hydrogens (tertiary/aromatic N) is 1. The fourth-order valence-corrected chi connectivity index (χ4v) is 9.57. The van der Waals surface area contributed by atoms with Crippen molar-refractivity contribution in [2.45, 2.75) is 0 Å². The molecule has 2 nitrogen and oxygen atoms in total. The number of rotatable bonds is 8. The Morgan fingerprint density at radius 2 is 0.703 bits per heavy atom. The van der Waals surface area contributed by atoms with Gasteiger partial charge in [0.2, 0.25) is 0 Å². The minimum Gasteiger partial charge on any atom is -0.455 e. The molecular formula is C62H41NO. The topological polar surface area (TPSA) is 16.4 Å². The summed E-state index contributed by atoms with van der Waals surface area (Å²) in [5.41, 5.74) is 16.9. The molecule has 0 fully saturated rings. The molecule has 0 saturated carbocycles. The molecule has 1 heterocycles. The fourth-order valence-electron chi connectivity index (χ4n) is 9.57. The van der Waals surface area contributed by atoms with Crippen molar-refractivity contribution in [3.63, 3.8) is 0 Å². The van der Waals surface area contributed by atoms with Gasteiger partial charge in [0, 0.05) is 33.4 Å². The van der Waals surface area contributed by atoms with E-state index in [0.29, 0.717) is 0 Å². The first-order chi connectivity index (χ1) is 31.7. The lowest BCUT2D eigenvalue weighted by molar-refractivity contribution is 0.670. The summed E-state index contributed by atoms with van der Waals surface area (Å²) in [7, 11) is 0. The SMILES string of the molecule is c1ccc(-c2cccc3c2oc2ccc(-c4ccc(N(c5ccc(-c6cccc7ccccc67)cc5)c5ccc(-c6cccc7cccc(-c8ccccc8)c67)cc5)cc4)cc23)cc1. The first-order valence-electron chi connectivity index (χ1n) is 21.9. The second-order valence-electron chi connectivity index (χ2n) is 16.4. The molecule has 0 spiro atoms. The van der Waals surface area contributed by atoms with Crippen LogP contribution in [0.3, 0.4) is 0 Å². The standard InChI is InChI=1S/C62H41NO/c1-3-13-44(14-4-1)55-23-10-19-48-20-11-24-56(61(48)55)47-31-38-52(39-32-47)63(51-36-29-46(30-37-51)54-22-9-18-43-17-7-8-21-53(43)54)50-34-27-42(28-35-50)49-33-40-60-59(41-49)58-26-12-25-57(62(58)64-60)45-15-5-2-6-16-45/h1-41H. The van der Waals surface area contributed by atoms with Crippen molar-refractivity contribution in [2.24, 2.45) is 0 Å². The smallest absolute Gasteiger partial charge is 0.143 e. The summed E-state index contributed by atoms with van der Waals surface area (Å²) >= 11 is 0. The summed E-state index contributed by atoms with van der Waals surface area (Å²) in [6.07, 6.45) is 0. The van der Waals surface area contributed by atoms with Gasteiger partial charge in [0.25, 0.3) is 0 Å². The van der Waals surface area contributed by atoms with Gasteiger partial charge >= 0.3 is 0 Å². The normalized spacial score (nSPS) is 11.4. The van der Waals surface area contributed by atoms with E-state index in [4.69, 9.17) is 4.42 Å². The molecule has 0 amide bonds. The number of fused-ring (bicyclic) bond motifs is 5. The predicted molar refractivity (Wildman–Crippen MR) is 271 cm³/mol. The van der Waals surface area contributed by atoms with Crippen molar-refractivity contribution in [1.29, 1.82) is 0 Å². The van der Waals surface area contributed by atoms with Crippen LogP contribution in [0, 0.1) is 0 Å². The lowest BCUT2D eigenvalue weighted by Crippen LogP contribution is -2.09. The number of hydrogen-bond acceptors (Lipinski definition) is 2. The van der Waals surface area contributed by atoms with Gasteiger partial charge in [-0.2, -0.15) is 0 Å². The first kappa shape index (κ1) is 37.3. The highest BCUT2D eigenvalue weighted by molar-refractivity contribution is 6.11. The Labute approximate surface area is 372 Å². The lowest BCUT2D eigenvalue weighted by atomic mass is 9.91. The molecule has 1 aromatic heterocycles. The van der Waals surface area contributed by atoms with E-state index in [1.165, 1.54) is 54.9 Å². The number of hydrogen-bond donors (Lipinski definition) is 0. The molecule has 12 rings (SSSR count). The molecule has 0 radical (unpaired) electrons. The largest absolute Gasteiger partial charge is 0.455 e. The molecule has 12 aromatic rings. The molecule has 2 heteroatoms. The van der Waals surface area contributed by atoms with E-state index in [1.54, 1.807) is 0 Å². The molecule has 0 aliphatic heterocycles. The first-order valence-corrected chi connectivity index (χ1v) is 21.9. The molecule has 0 aliphatic rings. The molecule has 0 N–H and O–H groups in total. The van der Waals surface area contributed by atoms with E-state index in [0.717, 1.165) is 61.3 Å². The van der Waals surface area contributed by atoms with Crippen LogP contribution in [-0.4, -0.2) is 0 Å². The zero-order chi connectivity index (χ0) is 42.4. The summed E-state index contributed by atoms with van der Waals surface area (Å²) in [5.74, 6) is 0. The van der Waals surface area contributed by atoms with Crippen molar-refractivity contribution in [2.75, 3.05) is 4.90 Å². The average molecular weight is 816 g/mol. The monoisotopic (exact) mass is 815 g/mol. The number of anilines is 3. The number of furan rings is 1. The van der Waals surface area contributed by atoms with Gasteiger partial charge in [0.15, 0.2) is 0 Å². The van der Waals surface area contributed by atoms with Gasteiger partial charge < -0.3 is 9.32 Å². The van der Waals surface area contributed by atoms with Crippen LogP contribution in [0.4, 0.5) is 17.1 Å². The van der Waals surface area contributed by atoms with Gasteiger partial charge in [0.05, 0.1) is 0 Å². The van der Waals surface area contributed by atoms with Gasteiger partial charge in [-0.3, -0.25) is 0 Å². The number of benzene rings is 11. The van der Waals surface area contributed by atoms with E-state index in [-0.39, 0.29) is 0 Å². The summed E-state index contributed by atoms with van der Waals surface area (Å²) < 4.78 is 6.51. The van der Waals surface area contributed by atoms with Crippen molar-refractivity contribution in [3.05, 3.63) is 249 Å². The Morgan fingerprint density at radius 3 is 1.34 bits per heavy atom. The highest BCUT2D eigenvalue weighted by atomic mass is 16.3. The van der Waals surface area contributed by atoms with Crippen LogP contribution in [0.15, 0.2) is 253 Å². The van der Waals surface area contributed by atoms with Crippen LogP contribution >= 0.6 is 0 Å². The summed E-state index contributed by atoms with van der Waals surface area (Å²) in [6, 6.07) is 89.5. The van der Waals surface area contributed by atoms with E-state index in [1.807, 2.05) is 6.07 Å². The van der Waals surface area contributed by atoms with E-state index < -0.39 is 0 Å². The third-order valence-corrected chi connectivity index (χ3v) is 12.7. The third kappa shape index (κ3) is 6.61. The molecule has 0 saturated heterocycles.